The third-order valence-corrected chi connectivity index (χ3v) is 4.75. The van der Waals surface area contributed by atoms with Crippen LogP contribution < -0.4 is 15.4 Å². The second kappa shape index (κ2) is 8.35. The molecule has 0 unspecified atom stereocenters. The zero-order chi connectivity index (χ0) is 16.8. The van der Waals surface area contributed by atoms with Gasteiger partial charge in [0.2, 0.25) is 0 Å². The maximum absolute atomic E-state index is 12.0. The Hall–Kier alpha value is -1.79. The van der Waals surface area contributed by atoms with Gasteiger partial charge in [-0.25, -0.2) is 4.79 Å². The highest BCUT2D eigenvalue weighted by atomic mass is 16.5. The number of carbonyl (C=O) groups excluding carboxylic acids is 1. The predicted molar refractivity (Wildman–Crippen MR) is 94.5 cm³/mol. The van der Waals surface area contributed by atoms with Gasteiger partial charge in [0.05, 0.1) is 6.04 Å². The number of para-hydroxylation sites is 1. The van der Waals surface area contributed by atoms with Crippen LogP contribution in [0.2, 0.25) is 0 Å². The Kier molecular flexibility index (Phi) is 5.93. The lowest BCUT2D eigenvalue weighted by Crippen LogP contribution is -2.48. The molecule has 2 aliphatic rings. The standard InChI is InChI=1S/C18H28N4O2/c1-21-9-11-22(12-10-21)8-4-7-19-18(23)20-16-13-15-5-2-3-6-17(15)24-14-16/h2-3,5-6,16H,4,7-14H2,1H3,(H2,19,20,23)/t16-/m0/s1. The molecule has 6 nitrogen and oxygen atoms in total. The number of ether oxygens (including phenoxy) is 1. The Morgan fingerprint density at radius 1 is 1.25 bits per heavy atom. The molecule has 1 saturated heterocycles. The van der Waals surface area contributed by atoms with Crippen molar-refractivity contribution in [2.45, 2.75) is 18.9 Å². The number of fused-ring (bicyclic) bond motifs is 1. The van der Waals surface area contributed by atoms with Crippen molar-refractivity contribution < 1.29 is 9.53 Å². The van der Waals surface area contributed by atoms with Crippen molar-refractivity contribution >= 4 is 6.03 Å². The molecule has 0 aromatic heterocycles. The molecule has 132 valence electrons. The second-order valence-electron chi connectivity index (χ2n) is 6.72. The topological polar surface area (TPSA) is 56.8 Å². The summed E-state index contributed by atoms with van der Waals surface area (Å²) in [4.78, 5) is 16.8. The van der Waals surface area contributed by atoms with Crippen LogP contribution in [0, 0.1) is 0 Å². The minimum atomic E-state index is -0.0960. The van der Waals surface area contributed by atoms with Gasteiger partial charge in [0.15, 0.2) is 0 Å². The highest BCUT2D eigenvalue weighted by Crippen LogP contribution is 2.23. The summed E-state index contributed by atoms with van der Waals surface area (Å²) in [6, 6.07) is 7.95. The van der Waals surface area contributed by atoms with E-state index in [1.54, 1.807) is 0 Å². The first-order valence-corrected chi connectivity index (χ1v) is 8.86. The number of carbonyl (C=O) groups is 1. The molecule has 1 aromatic carbocycles. The van der Waals surface area contributed by atoms with E-state index in [-0.39, 0.29) is 12.1 Å². The third kappa shape index (κ3) is 4.85. The van der Waals surface area contributed by atoms with Crippen molar-refractivity contribution in [3.63, 3.8) is 0 Å². The normalized spacial score (nSPS) is 21.6. The average Bonchev–Trinajstić information content (AvgIpc) is 2.60. The fourth-order valence-corrected chi connectivity index (χ4v) is 3.23. The largest absolute Gasteiger partial charge is 0.491 e. The number of nitrogens with zero attached hydrogens (tertiary/aromatic N) is 2. The molecule has 1 aromatic rings. The van der Waals surface area contributed by atoms with E-state index < -0.39 is 0 Å². The molecular formula is C18H28N4O2. The van der Waals surface area contributed by atoms with Gasteiger partial charge in [-0.1, -0.05) is 18.2 Å². The van der Waals surface area contributed by atoms with Gasteiger partial charge in [0, 0.05) is 32.7 Å². The Labute approximate surface area is 144 Å². The van der Waals surface area contributed by atoms with Gasteiger partial charge < -0.3 is 25.2 Å². The molecule has 1 atom stereocenters. The minimum Gasteiger partial charge on any atom is -0.491 e. The van der Waals surface area contributed by atoms with Crippen LogP contribution >= 0.6 is 0 Å². The van der Waals surface area contributed by atoms with Crippen molar-refractivity contribution in [2.75, 3.05) is 52.9 Å². The predicted octanol–water partition coefficient (Wildman–Crippen LogP) is 0.927. The SMILES string of the molecule is CN1CCN(CCCNC(=O)N[C@@H]2COc3ccccc3C2)CC1. The molecule has 2 heterocycles. The Bertz CT molecular complexity index is 544. The van der Waals surface area contributed by atoms with Crippen LogP contribution in [0.25, 0.3) is 0 Å². The van der Waals surface area contributed by atoms with E-state index in [9.17, 15) is 4.79 Å². The van der Waals surface area contributed by atoms with Crippen molar-refractivity contribution in [1.29, 1.82) is 0 Å². The quantitative estimate of drug-likeness (QED) is 0.788. The molecular weight excluding hydrogens is 304 g/mol. The summed E-state index contributed by atoms with van der Waals surface area (Å²) < 4.78 is 5.70. The van der Waals surface area contributed by atoms with Crippen LogP contribution in [0.3, 0.4) is 0 Å². The molecule has 1 fully saturated rings. The van der Waals surface area contributed by atoms with Gasteiger partial charge in [0.1, 0.15) is 12.4 Å². The summed E-state index contributed by atoms with van der Waals surface area (Å²) in [5.41, 5.74) is 1.16. The number of piperazine rings is 1. The maximum Gasteiger partial charge on any atom is 0.315 e. The fraction of sp³-hybridized carbons (Fsp3) is 0.611. The Morgan fingerprint density at radius 3 is 2.88 bits per heavy atom. The molecule has 0 bridgehead atoms. The van der Waals surface area contributed by atoms with Crippen LogP contribution in [0.4, 0.5) is 4.79 Å². The lowest BCUT2D eigenvalue weighted by atomic mass is 10.0. The maximum atomic E-state index is 12.0. The smallest absolute Gasteiger partial charge is 0.315 e. The molecule has 0 spiro atoms. The number of nitrogens with one attached hydrogen (secondary N) is 2. The number of urea groups is 1. The summed E-state index contributed by atoms with van der Waals surface area (Å²) in [6.07, 6.45) is 1.81. The van der Waals surface area contributed by atoms with E-state index in [2.05, 4.69) is 33.5 Å². The van der Waals surface area contributed by atoms with E-state index in [1.165, 1.54) is 0 Å². The molecule has 0 radical (unpaired) electrons. The lowest BCUT2D eigenvalue weighted by molar-refractivity contribution is 0.152. The van der Waals surface area contributed by atoms with Crippen molar-refractivity contribution in [1.82, 2.24) is 20.4 Å². The van der Waals surface area contributed by atoms with E-state index in [0.717, 1.165) is 56.9 Å². The molecule has 0 saturated carbocycles. The first-order chi connectivity index (χ1) is 11.7. The minimum absolute atomic E-state index is 0.0394. The average molecular weight is 332 g/mol. The van der Waals surface area contributed by atoms with Crippen LogP contribution in [-0.4, -0.2) is 74.8 Å². The Morgan fingerprint density at radius 2 is 2.04 bits per heavy atom. The highest BCUT2D eigenvalue weighted by Gasteiger charge is 2.20. The lowest BCUT2D eigenvalue weighted by Gasteiger charge is -2.32. The second-order valence-corrected chi connectivity index (χ2v) is 6.72. The van der Waals surface area contributed by atoms with E-state index >= 15 is 0 Å². The summed E-state index contributed by atoms with van der Waals surface area (Å²) >= 11 is 0. The van der Waals surface area contributed by atoms with Crippen molar-refractivity contribution in [3.8, 4) is 5.75 Å². The zero-order valence-electron chi connectivity index (χ0n) is 14.5. The molecule has 2 amide bonds. The van der Waals surface area contributed by atoms with Gasteiger partial charge >= 0.3 is 6.03 Å². The van der Waals surface area contributed by atoms with Crippen LogP contribution in [-0.2, 0) is 6.42 Å². The Balaban J connectivity index is 1.31. The number of likely N-dealkylation sites (N-methyl/N-ethyl adjacent to an activating group) is 1. The van der Waals surface area contributed by atoms with Gasteiger partial charge in [-0.15, -0.1) is 0 Å². The first kappa shape index (κ1) is 17.0. The van der Waals surface area contributed by atoms with E-state index in [1.807, 2.05) is 18.2 Å². The summed E-state index contributed by atoms with van der Waals surface area (Å²) in [5, 5.41) is 5.97. The number of amides is 2. The zero-order valence-corrected chi connectivity index (χ0v) is 14.5. The molecule has 2 N–H and O–H groups in total. The number of rotatable bonds is 5. The van der Waals surface area contributed by atoms with Crippen LogP contribution in [0.5, 0.6) is 5.75 Å². The summed E-state index contributed by atoms with van der Waals surface area (Å²) in [5.74, 6) is 0.933. The molecule has 24 heavy (non-hydrogen) atoms. The van der Waals surface area contributed by atoms with Gasteiger partial charge in [0.25, 0.3) is 0 Å². The van der Waals surface area contributed by atoms with E-state index in [4.69, 9.17) is 4.74 Å². The van der Waals surface area contributed by atoms with E-state index in [0.29, 0.717) is 13.2 Å². The number of hydrogen-bond donors (Lipinski definition) is 2. The fourth-order valence-electron chi connectivity index (χ4n) is 3.23. The summed E-state index contributed by atoms with van der Waals surface area (Å²) in [6.45, 7) is 6.82. The first-order valence-electron chi connectivity index (χ1n) is 8.86. The molecule has 0 aliphatic carbocycles. The van der Waals surface area contributed by atoms with Gasteiger partial charge in [-0.2, -0.15) is 0 Å². The number of hydrogen-bond acceptors (Lipinski definition) is 4. The highest BCUT2D eigenvalue weighted by molar-refractivity contribution is 5.74. The van der Waals surface area contributed by atoms with Crippen LogP contribution in [0.1, 0.15) is 12.0 Å². The molecule has 6 heteroatoms. The summed E-state index contributed by atoms with van der Waals surface area (Å²) in [7, 11) is 2.16. The third-order valence-electron chi connectivity index (χ3n) is 4.75. The van der Waals surface area contributed by atoms with Crippen molar-refractivity contribution in [3.05, 3.63) is 29.8 Å². The van der Waals surface area contributed by atoms with Crippen molar-refractivity contribution in [2.24, 2.45) is 0 Å². The van der Waals surface area contributed by atoms with Gasteiger partial charge in [-0.05, 0) is 38.1 Å². The molecule has 2 aliphatic heterocycles. The monoisotopic (exact) mass is 332 g/mol. The van der Waals surface area contributed by atoms with Gasteiger partial charge in [-0.3, -0.25) is 0 Å². The number of benzene rings is 1. The molecule has 3 rings (SSSR count). The van der Waals surface area contributed by atoms with Crippen LogP contribution in [0.15, 0.2) is 24.3 Å².